The zero-order valence-electron chi connectivity index (χ0n) is 10.3. The van der Waals surface area contributed by atoms with Crippen molar-refractivity contribution in [3.05, 3.63) is 17.0 Å². The maximum absolute atomic E-state index is 11.5. The van der Waals surface area contributed by atoms with E-state index in [1.54, 1.807) is 0 Å². The van der Waals surface area contributed by atoms with Gasteiger partial charge in [-0.1, -0.05) is 26.2 Å². The number of rotatable bonds is 6. The summed E-state index contributed by atoms with van der Waals surface area (Å²) in [5.41, 5.74) is 2.23. The largest absolute Gasteiger partial charge is 0.465 e. The fourth-order valence-corrected chi connectivity index (χ4v) is 1.75. The summed E-state index contributed by atoms with van der Waals surface area (Å²) in [4.78, 5) is 11.5. The Morgan fingerprint density at radius 1 is 1.38 bits per heavy atom. The minimum atomic E-state index is -0.295. The number of aryl methyl sites for hydroxylation is 2. The lowest BCUT2D eigenvalue weighted by atomic mass is 10.1. The van der Waals surface area contributed by atoms with E-state index in [1.807, 2.05) is 6.92 Å². The van der Waals surface area contributed by atoms with Crippen molar-refractivity contribution in [1.82, 2.24) is 10.2 Å². The number of hydrogen-bond donors (Lipinski definition) is 1. The van der Waals surface area contributed by atoms with E-state index < -0.39 is 0 Å². The molecular weight excluding hydrogens is 204 g/mol. The van der Waals surface area contributed by atoms with Gasteiger partial charge in [-0.2, -0.15) is 5.10 Å². The molecule has 0 aliphatic carbocycles. The van der Waals surface area contributed by atoms with Crippen LogP contribution < -0.4 is 0 Å². The molecule has 16 heavy (non-hydrogen) atoms. The average molecular weight is 224 g/mol. The molecule has 4 nitrogen and oxygen atoms in total. The highest BCUT2D eigenvalue weighted by Gasteiger charge is 2.17. The van der Waals surface area contributed by atoms with Gasteiger partial charge >= 0.3 is 5.97 Å². The molecule has 0 saturated carbocycles. The molecule has 0 amide bonds. The first-order valence-electron chi connectivity index (χ1n) is 5.82. The number of aromatic nitrogens is 2. The minimum absolute atomic E-state index is 0.295. The third-order valence-electron chi connectivity index (χ3n) is 2.68. The molecule has 1 heterocycles. The summed E-state index contributed by atoms with van der Waals surface area (Å²) in [5, 5.41) is 7.00. The van der Waals surface area contributed by atoms with Crippen LogP contribution in [0.3, 0.4) is 0 Å². The van der Waals surface area contributed by atoms with E-state index in [0.717, 1.165) is 24.2 Å². The van der Waals surface area contributed by atoms with Gasteiger partial charge in [0.1, 0.15) is 5.56 Å². The number of aromatic amines is 1. The standard InChI is InChI=1S/C12H20N2O2/c1-4-5-6-7-8-10-11(12(15)16-3)9(2)13-14-10/h4-8H2,1-3H3,(H,13,14). The Bertz CT molecular complexity index is 345. The lowest BCUT2D eigenvalue weighted by Crippen LogP contribution is -2.05. The van der Waals surface area contributed by atoms with Crippen LogP contribution in [0.15, 0.2) is 0 Å². The van der Waals surface area contributed by atoms with E-state index in [0.29, 0.717) is 5.56 Å². The maximum atomic E-state index is 11.5. The maximum Gasteiger partial charge on any atom is 0.341 e. The van der Waals surface area contributed by atoms with Gasteiger partial charge in [-0.15, -0.1) is 0 Å². The highest BCUT2D eigenvalue weighted by Crippen LogP contribution is 2.15. The topological polar surface area (TPSA) is 55.0 Å². The summed E-state index contributed by atoms with van der Waals surface area (Å²) in [7, 11) is 1.40. The first kappa shape index (κ1) is 12.7. The van der Waals surface area contributed by atoms with E-state index in [2.05, 4.69) is 17.1 Å². The molecule has 1 rings (SSSR count). The first-order valence-corrected chi connectivity index (χ1v) is 5.82. The second kappa shape index (κ2) is 6.30. The Morgan fingerprint density at radius 3 is 2.75 bits per heavy atom. The number of unbranched alkanes of at least 4 members (excludes halogenated alkanes) is 3. The quantitative estimate of drug-likeness (QED) is 0.597. The van der Waals surface area contributed by atoms with Crippen LogP contribution in [0.25, 0.3) is 0 Å². The summed E-state index contributed by atoms with van der Waals surface area (Å²) in [6.45, 7) is 4.02. The molecule has 90 valence electrons. The molecule has 0 saturated heterocycles. The summed E-state index contributed by atoms with van der Waals surface area (Å²) in [6, 6.07) is 0. The summed E-state index contributed by atoms with van der Waals surface area (Å²) in [6.07, 6.45) is 5.54. The van der Waals surface area contributed by atoms with Crippen molar-refractivity contribution < 1.29 is 9.53 Å². The molecule has 1 aromatic heterocycles. The number of hydrogen-bond acceptors (Lipinski definition) is 3. The van der Waals surface area contributed by atoms with Crippen molar-refractivity contribution in [3.8, 4) is 0 Å². The Labute approximate surface area is 96.4 Å². The van der Waals surface area contributed by atoms with Gasteiger partial charge in [0.05, 0.1) is 12.8 Å². The number of carbonyl (C=O) groups is 1. The van der Waals surface area contributed by atoms with Gasteiger partial charge in [-0.25, -0.2) is 4.79 Å². The van der Waals surface area contributed by atoms with Gasteiger partial charge in [0.15, 0.2) is 0 Å². The number of esters is 1. The van der Waals surface area contributed by atoms with Gasteiger partial charge in [-0.3, -0.25) is 5.10 Å². The third kappa shape index (κ3) is 3.08. The summed E-state index contributed by atoms with van der Waals surface area (Å²) >= 11 is 0. The van der Waals surface area contributed by atoms with Crippen molar-refractivity contribution in [1.29, 1.82) is 0 Å². The molecule has 4 heteroatoms. The second-order valence-electron chi connectivity index (χ2n) is 3.97. The summed E-state index contributed by atoms with van der Waals surface area (Å²) in [5.74, 6) is -0.295. The molecular formula is C12H20N2O2. The van der Waals surface area contributed by atoms with Crippen LogP contribution in [0.1, 0.15) is 54.4 Å². The lowest BCUT2D eigenvalue weighted by molar-refractivity contribution is 0.0598. The van der Waals surface area contributed by atoms with Gasteiger partial charge in [-0.05, 0) is 19.8 Å². The predicted octanol–water partition coefficient (Wildman–Crippen LogP) is 2.63. The second-order valence-corrected chi connectivity index (χ2v) is 3.97. The van der Waals surface area contributed by atoms with Crippen LogP contribution in [0.2, 0.25) is 0 Å². The number of nitrogens with one attached hydrogen (secondary N) is 1. The summed E-state index contributed by atoms with van der Waals surface area (Å²) < 4.78 is 4.74. The Hall–Kier alpha value is -1.32. The predicted molar refractivity (Wildman–Crippen MR) is 62.5 cm³/mol. The molecule has 0 spiro atoms. The van der Waals surface area contributed by atoms with Crippen LogP contribution in [0, 0.1) is 6.92 Å². The highest BCUT2D eigenvalue weighted by molar-refractivity contribution is 5.91. The van der Waals surface area contributed by atoms with E-state index in [-0.39, 0.29) is 5.97 Å². The highest BCUT2D eigenvalue weighted by atomic mass is 16.5. The number of ether oxygens (including phenoxy) is 1. The zero-order valence-corrected chi connectivity index (χ0v) is 10.3. The Morgan fingerprint density at radius 2 is 2.12 bits per heavy atom. The van der Waals surface area contributed by atoms with Crippen LogP contribution in [0.5, 0.6) is 0 Å². The van der Waals surface area contributed by atoms with Crippen LogP contribution in [0.4, 0.5) is 0 Å². The van der Waals surface area contributed by atoms with Gasteiger partial charge in [0.25, 0.3) is 0 Å². The van der Waals surface area contributed by atoms with E-state index in [9.17, 15) is 4.79 Å². The van der Waals surface area contributed by atoms with Crippen molar-refractivity contribution >= 4 is 5.97 Å². The molecule has 0 aliphatic rings. The molecule has 0 atom stereocenters. The molecule has 0 aliphatic heterocycles. The number of carbonyl (C=O) groups excluding carboxylic acids is 1. The fraction of sp³-hybridized carbons (Fsp3) is 0.667. The minimum Gasteiger partial charge on any atom is -0.465 e. The third-order valence-corrected chi connectivity index (χ3v) is 2.68. The Balaban J connectivity index is 2.62. The lowest BCUT2D eigenvalue weighted by Gasteiger charge is -2.01. The van der Waals surface area contributed by atoms with Gasteiger partial charge < -0.3 is 4.74 Å². The number of nitrogens with zero attached hydrogens (tertiary/aromatic N) is 1. The normalized spacial score (nSPS) is 10.4. The zero-order chi connectivity index (χ0) is 12.0. The SMILES string of the molecule is CCCCCCc1n[nH]c(C)c1C(=O)OC. The molecule has 0 bridgehead atoms. The smallest absolute Gasteiger partial charge is 0.341 e. The average Bonchev–Trinajstić information content (AvgIpc) is 2.65. The molecule has 0 unspecified atom stereocenters. The van der Waals surface area contributed by atoms with Crippen molar-refractivity contribution in [2.75, 3.05) is 7.11 Å². The first-order chi connectivity index (χ1) is 7.70. The fourth-order valence-electron chi connectivity index (χ4n) is 1.75. The van der Waals surface area contributed by atoms with Crippen LogP contribution in [-0.4, -0.2) is 23.3 Å². The van der Waals surface area contributed by atoms with Crippen molar-refractivity contribution in [2.24, 2.45) is 0 Å². The van der Waals surface area contributed by atoms with Crippen LogP contribution in [-0.2, 0) is 11.2 Å². The van der Waals surface area contributed by atoms with E-state index in [1.165, 1.54) is 26.4 Å². The number of methoxy groups -OCH3 is 1. The molecule has 0 aromatic carbocycles. The molecule has 0 fully saturated rings. The van der Waals surface area contributed by atoms with E-state index in [4.69, 9.17) is 4.74 Å². The van der Waals surface area contributed by atoms with Crippen molar-refractivity contribution in [3.63, 3.8) is 0 Å². The number of H-pyrrole nitrogens is 1. The van der Waals surface area contributed by atoms with Gasteiger partial charge in [0.2, 0.25) is 0 Å². The monoisotopic (exact) mass is 224 g/mol. The van der Waals surface area contributed by atoms with E-state index >= 15 is 0 Å². The van der Waals surface area contributed by atoms with Crippen molar-refractivity contribution in [2.45, 2.75) is 46.0 Å². The Kier molecular flexibility index (Phi) is 5.02. The van der Waals surface area contributed by atoms with Gasteiger partial charge in [0, 0.05) is 5.69 Å². The molecule has 1 N–H and O–H groups in total. The molecule has 1 aromatic rings. The molecule has 0 radical (unpaired) electrons. The van der Waals surface area contributed by atoms with Crippen LogP contribution >= 0.6 is 0 Å².